The lowest BCUT2D eigenvalue weighted by Crippen LogP contribution is -2.08. The third kappa shape index (κ3) is 3.75. The van der Waals surface area contributed by atoms with Gasteiger partial charge in [-0.2, -0.15) is 4.89 Å². The van der Waals surface area contributed by atoms with Crippen LogP contribution in [0.4, 0.5) is 0 Å². The van der Waals surface area contributed by atoms with Crippen LogP contribution in [0.25, 0.3) is 0 Å². The molecule has 0 heterocycles. The highest BCUT2D eigenvalue weighted by Gasteiger charge is 2.19. The van der Waals surface area contributed by atoms with Gasteiger partial charge in [0.2, 0.25) is 0 Å². The predicted octanol–water partition coefficient (Wildman–Crippen LogP) is 2.19. The summed E-state index contributed by atoms with van der Waals surface area (Å²) in [7, 11) is 4.38. The van der Waals surface area contributed by atoms with Gasteiger partial charge in [-0.05, 0) is 6.42 Å². The number of hydrogen-bond acceptors (Lipinski definition) is 6. The number of benzene rings is 1. The van der Waals surface area contributed by atoms with Crippen molar-refractivity contribution in [3.63, 3.8) is 0 Å². The maximum absolute atomic E-state index is 11.8. The van der Waals surface area contributed by atoms with Crippen LogP contribution in [0.3, 0.4) is 0 Å². The Morgan fingerprint density at radius 3 is 2.21 bits per heavy atom. The Bertz CT molecular complexity index is 429. The first kappa shape index (κ1) is 15.1. The van der Waals surface area contributed by atoms with Crippen LogP contribution >= 0.6 is 0 Å². The fraction of sp³-hybridized carbons (Fsp3) is 0.308. The number of hydrogen-bond donors (Lipinski definition) is 0. The lowest BCUT2D eigenvalue weighted by molar-refractivity contribution is -0.212. The van der Waals surface area contributed by atoms with Gasteiger partial charge in [-0.25, -0.2) is 4.79 Å². The molecule has 0 aliphatic carbocycles. The number of rotatable bonds is 7. The van der Waals surface area contributed by atoms with Crippen molar-refractivity contribution >= 4 is 5.97 Å². The first-order valence-electron chi connectivity index (χ1n) is 5.46. The molecule has 1 rings (SSSR count). The Hall–Kier alpha value is -1.95. The molecule has 0 bridgehead atoms. The second kappa shape index (κ2) is 7.48. The van der Waals surface area contributed by atoms with Crippen molar-refractivity contribution in [3.8, 4) is 17.2 Å². The molecule has 0 fully saturated rings. The summed E-state index contributed by atoms with van der Waals surface area (Å²) in [6.45, 7) is 4.76. The van der Waals surface area contributed by atoms with Gasteiger partial charge in [0.25, 0.3) is 0 Å². The van der Waals surface area contributed by atoms with Crippen molar-refractivity contribution in [2.75, 3.05) is 21.3 Å². The van der Waals surface area contributed by atoms with E-state index in [1.165, 1.54) is 40.1 Å². The van der Waals surface area contributed by atoms with Gasteiger partial charge in [-0.15, -0.1) is 0 Å². The normalized spacial score (nSPS) is 9.89. The molecule has 2 radical (unpaired) electrons. The minimum absolute atomic E-state index is 0.164. The van der Waals surface area contributed by atoms with E-state index in [2.05, 4.69) is 16.7 Å². The highest BCUT2D eigenvalue weighted by molar-refractivity contribution is 5.93. The summed E-state index contributed by atoms with van der Waals surface area (Å²) in [5.41, 5.74) is 0.164. The van der Waals surface area contributed by atoms with E-state index in [1.54, 1.807) is 0 Å². The van der Waals surface area contributed by atoms with Gasteiger partial charge in [-0.3, -0.25) is 4.89 Å². The minimum Gasteiger partial charge on any atom is -0.496 e. The van der Waals surface area contributed by atoms with E-state index in [1.807, 2.05) is 0 Å². The maximum Gasteiger partial charge on any atom is 0.376 e. The molecule has 0 amide bonds. The molecule has 6 heteroatoms. The third-order valence-corrected chi connectivity index (χ3v) is 2.24. The Balaban J connectivity index is 3.00. The van der Waals surface area contributed by atoms with Crippen LogP contribution in [-0.4, -0.2) is 27.3 Å². The van der Waals surface area contributed by atoms with Crippen molar-refractivity contribution in [2.24, 2.45) is 0 Å². The summed E-state index contributed by atoms with van der Waals surface area (Å²) < 4.78 is 15.3. The van der Waals surface area contributed by atoms with E-state index in [0.717, 1.165) is 0 Å². The van der Waals surface area contributed by atoms with E-state index in [4.69, 9.17) is 14.2 Å². The van der Waals surface area contributed by atoms with Crippen molar-refractivity contribution in [2.45, 2.75) is 6.42 Å². The van der Waals surface area contributed by atoms with Gasteiger partial charge in [0.1, 0.15) is 17.9 Å². The second-order valence-electron chi connectivity index (χ2n) is 3.33. The summed E-state index contributed by atoms with van der Waals surface area (Å²) in [6.07, 6.45) is 0.371. The zero-order valence-electron chi connectivity index (χ0n) is 11.1. The second-order valence-corrected chi connectivity index (χ2v) is 3.33. The third-order valence-electron chi connectivity index (χ3n) is 2.24. The first-order valence-corrected chi connectivity index (χ1v) is 5.46. The summed E-state index contributed by atoms with van der Waals surface area (Å²) in [4.78, 5) is 20.9. The molecule has 19 heavy (non-hydrogen) atoms. The number of carbonyl (C=O) groups is 1. The number of ether oxygens (including phenoxy) is 3. The van der Waals surface area contributed by atoms with Crippen molar-refractivity contribution < 1.29 is 28.8 Å². The van der Waals surface area contributed by atoms with E-state index >= 15 is 0 Å². The average molecular weight is 268 g/mol. The van der Waals surface area contributed by atoms with E-state index in [9.17, 15) is 4.79 Å². The molecule has 0 saturated carbocycles. The summed E-state index contributed by atoms with van der Waals surface area (Å²) in [5, 5.41) is 0. The number of carbonyl (C=O) groups excluding carboxylic acids is 1. The van der Waals surface area contributed by atoms with Crippen molar-refractivity contribution in [3.05, 3.63) is 31.2 Å². The molecule has 0 aliphatic rings. The molecule has 0 spiro atoms. The van der Waals surface area contributed by atoms with Gasteiger partial charge in [-0.1, -0.05) is 6.92 Å². The number of methoxy groups -OCH3 is 3. The average Bonchev–Trinajstić information content (AvgIpc) is 2.45. The van der Waals surface area contributed by atoms with E-state index in [0.29, 0.717) is 23.7 Å². The van der Waals surface area contributed by atoms with Crippen LogP contribution < -0.4 is 14.2 Å². The van der Waals surface area contributed by atoms with Gasteiger partial charge < -0.3 is 14.2 Å². The van der Waals surface area contributed by atoms with Gasteiger partial charge in [0.15, 0.2) is 11.5 Å². The van der Waals surface area contributed by atoms with Crippen molar-refractivity contribution in [1.29, 1.82) is 0 Å². The van der Waals surface area contributed by atoms with Crippen LogP contribution in [0.2, 0.25) is 0 Å². The van der Waals surface area contributed by atoms with Crippen LogP contribution in [0, 0.1) is 13.5 Å². The van der Waals surface area contributed by atoms with Crippen LogP contribution in [0.5, 0.6) is 17.2 Å². The monoisotopic (exact) mass is 268 g/mol. The molecule has 0 unspecified atom stereocenters. The molecule has 0 saturated heterocycles. The SMILES string of the molecule is [CH2]C[CH]OOC(=O)c1cc(OC)c(OC)cc1OC. The molecule has 6 nitrogen and oxygen atoms in total. The largest absolute Gasteiger partial charge is 0.496 e. The Labute approximate surface area is 112 Å². The molecule has 1 aromatic rings. The Morgan fingerprint density at radius 2 is 1.68 bits per heavy atom. The zero-order valence-corrected chi connectivity index (χ0v) is 11.1. The lowest BCUT2D eigenvalue weighted by Gasteiger charge is -2.12. The van der Waals surface area contributed by atoms with Gasteiger partial charge in [0.05, 0.1) is 21.3 Å². The minimum atomic E-state index is -0.706. The van der Waals surface area contributed by atoms with Crippen LogP contribution in [0.15, 0.2) is 12.1 Å². The fourth-order valence-corrected chi connectivity index (χ4v) is 1.36. The highest BCUT2D eigenvalue weighted by atomic mass is 17.2. The fourth-order valence-electron chi connectivity index (χ4n) is 1.36. The standard InChI is InChI=1S/C13H16O6/c1-5-6-18-19-13(14)9-7-11(16-3)12(17-4)8-10(9)15-2/h6-8H,1,5H2,2-4H3. The van der Waals surface area contributed by atoms with Crippen LogP contribution in [0.1, 0.15) is 16.8 Å². The topological polar surface area (TPSA) is 63.2 Å². The summed E-state index contributed by atoms with van der Waals surface area (Å²) in [5.74, 6) is 0.418. The Kier molecular flexibility index (Phi) is 5.95. The quantitative estimate of drug-likeness (QED) is 0.429. The lowest BCUT2D eigenvalue weighted by atomic mass is 10.1. The molecule has 0 atom stereocenters. The summed E-state index contributed by atoms with van der Waals surface area (Å²) >= 11 is 0. The maximum atomic E-state index is 11.8. The molecule has 1 aromatic carbocycles. The van der Waals surface area contributed by atoms with Crippen LogP contribution in [-0.2, 0) is 9.78 Å². The smallest absolute Gasteiger partial charge is 0.376 e. The van der Waals surface area contributed by atoms with E-state index < -0.39 is 5.97 Å². The molecule has 0 aromatic heterocycles. The zero-order chi connectivity index (χ0) is 14.3. The molecule has 104 valence electrons. The molecular formula is C13H16O6. The first-order chi connectivity index (χ1) is 9.17. The molecule has 0 N–H and O–H groups in total. The highest BCUT2D eigenvalue weighted by Crippen LogP contribution is 2.34. The van der Waals surface area contributed by atoms with Crippen molar-refractivity contribution in [1.82, 2.24) is 0 Å². The Morgan fingerprint density at radius 1 is 1.11 bits per heavy atom. The van der Waals surface area contributed by atoms with Gasteiger partial charge in [0, 0.05) is 12.1 Å². The summed E-state index contributed by atoms with van der Waals surface area (Å²) in [6, 6.07) is 2.98. The predicted molar refractivity (Wildman–Crippen MR) is 66.9 cm³/mol. The molecule has 0 aliphatic heterocycles. The van der Waals surface area contributed by atoms with E-state index in [-0.39, 0.29) is 5.56 Å². The molecular weight excluding hydrogens is 252 g/mol. The van der Waals surface area contributed by atoms with Gasteiger partial charge >= 0.3 is 5.97 Å².